The summed E-state index contributed by atoms with van der Waals surface area (Å²) in [4.78, 5) is 10.3. The van der Waals surface area contributed by atoms with Gasteiger partial charge in [-0.25, -0.2) is 4.79 Å². The second-order valence-electron chi connectivity index (χ2n) is 1.36. The van der Waals surface area contributed by atoms with Crippen LogP contribution in [0, 0.1) is 0 Å². The monoisotopic (exact) mass is 232 g/mol. The summed E-state index contributed by atoms with van der Waals surface area (Å²) in [5.41, 5.74) is 0. The van der Waals surface area contributed by atoms with Crippen LogP contribution in [0.2, 0.25) is 0 Å². The van der Waals surface area contributed by atoms with E-state index < -0.39 is 5.97 Å². The predicted molar refractivity (Wildman–Crippen MR) is 33.0 cm³/mol. The predicted octanol–water partition coefficient (Wildman–Crippen LogP) is 0.359. The molecular formula is C6H10O3Ru. The first-order valence-electron chi connectivity index (χ1n) is 2.59. The van der Waals surface area contributed by atoms with Gasteiger partial charge < -0.3 is 9.47 Å². The largest absolute Gasteiger partial charge is 0.460 e. The Morgan fingerprint density at radius 2 is 2.20 bits per heavy atom. The molecule has 0 amide bonds. The van der Waals surface area contributed by atoms with Gasteiger partial charge in [0.25, 0.3) is 0 Å². The van der Waals surface area contributed by atoms with Gasteiger partial charge in [0, 0.05) is 32.7 Å². The summed E-state index contributed by atoms with van der Waals surface area (Å²) in [6.45, 7) is 3.95. The number of carbonyl (C=O) groups is 1. The molecule has 3 nitrogen and oxygen atoms in total. The van der Waals surface area contributed by atoms with E-state index in [1.54, 1.807) is 7.11 Å². The quantitative estimate of drug-likeness (QED) is 0.303. The van der Waals surface area contributed by atoms with E-state index >= 15 is 0 Å². The third-order valence-corrected chi connectivity index (χ3v) is 0.698. The number of carbonyl (C=O) groups excluding carboxylic acids is 1. The van der Waals surface area contributed by atoms with Crippen LogP contribution >= 0.6 is 0 Å². The summed E-state index contributed by atoms with van der Waals surface area (Å²) >= 11 is 0. The van der Waals surface area contributed by atoms with Gasteiger partial charge in [-0.1, -0.05) is 6.58 Å². The summed E-state index contributed by atoms with van der Waals surface area (Å²) in [6, 6.07) is 0. The molecule has 10 heavy (non-hydrogen) atoms. The van der Waals surface area contributed by atoms with Gasteiger partial charge in [0.05, 0.1) is 6.61 Å². The molecule has 0 bridgehead atoms. The van der Waals surface area contributed by atoms with E-state index in [1.807, 2.05) is 0 Å². The van der Waals surface area contributed by atoms with Crippen molar-refractivity contribution in [2.45, 2.75) is 0 Å². The third kappa shape index (κ3) is 7.79. The van der Waals surface area contributed by atoms with E-state index in [0.29, 0.717) is 13.2 Å². The van der Waals surface area contributed by atoms with Crippen LogP contribution in [-0.2, 0) is 33.7 Å². The molecule has 0 spiro atoms. The number of ether oxygens (including phenoxy) is 2. The Hall–Kier alpha value is -0.207. The average Bonchev–Trinajstić information content (AvgIpc) is 1.89. The molecule has 0 aromatic carbocycles. The van der Waals surface area contributed by atoms with Crippen molar-refractivity contribution in [2.24, 2.45) is 0 Å². The van der Waals surface area contributed by atoms with Crippen molar-refractivity contribution in [3.63, 3.8) is 0 Å². The number of hydrogen-bond donors (Lipinski definition) is 0. The number of esters is 1. The Labute approximate surface area is 73.1 Å². The zero-order valence-electron chi connectivity index (χ0n) is 5.78. The Morgan fingerprint density at radius 3 is 2.60 bits per heavy atom. The Kier molecular flexibility index (Phi) is 11.0. The van der Waals surface area contributed by atoms with Gasteiger partial charge in [-0.15, -0.1) is 0 Å². The smallest absolute Gasteiger partial charge is 0.330 e. The molecule has 0 radical (unpaired) electrons. The normalized spacial score (nSPS) is 7.70. The minimum atomic E-state index is -0.410. The molecule has 0 rings (SSSR count). The summed E-state index contributed by atoms with van der Waals surface area (Å²) in [5, 5.41) is 0. The minimum Gasteiger partial charge on any atom is -0.460 e. The average molecular weight is 231 g/mol. The van der Waals surface area contributed by atoms with Gasteiger partial charge in [-0.2, -0.15) is 0 Å². The number of rotatable bonds is 4. The van der Waals surface area contributed by atoms with E-state index in [4.69, 9.17) is 0 Å². The second kappa shape index (κ2) is 8.79. The topological polar surface area (TPSA) is 35.5 Å². The molecule has 0 aromatic heterocycles. The van der Waals surface area contributed by atoms with Crippen molar-refractivity contribution < 1.29 is 33.7 Å². The van der Waals surface area contributed by atoms with Crippen LogP contribution in [0.15, 0.2) is 12.7 Å². The number of methoxy groups -OCH3 is 1. The summed E-state index contributed by atoms with van der Waals surface area (Å²) in [5.74, 6) is -0.410. The van der Waals surface area contributed by atoms with Crippen LogP contribution in [0.25, 0.3) is 0 Å². The third-order valence-electron chi connectivity index (χ3n) is 0.698. The van der Waals surface area contributed by atoms with Gasteiger partial charge >= 0.3 is 5.97 Å². The fourth-order valence-corrected chi connectivity index (χ4v) is 0.285. The van der Waals surface area contributed by atoms with E-state index in [-0.39, 0.29) is 19.5 Å². The van der Waals surface area contributed by atoms with Crippen molar-refractivity contribution in [1.29, 1.82) is 0 Å². The first-order chi connectivity index (χ1) is 4.31. The van der Waals surface area contributed by atoms with Crippen LogP contribution in [0.4, 0.5) is 0 Å². The molecule has 0 fully saturated rings. The minimum absolute atomic E-state index is 0. The van der Waals surface area contributed by atoms with Crippen molar-refractivity contribution >= 4 is 5.97 Å². The van der Waals surface area contributed by atoms with Crippen LogP contribution in [0.5, 0.6) is 0 Å². The fraction of sp³-hybridized carbons (Fsp3) is 0.500. The molecule has 0 aliphatic carbocycles. The number of hydrogen-bond acceptors (Lipinski definition) is 3. The molecule has 0 saturated carbocycles. The molecule has 60 valence electrons. The molecule has 0 heterocycles. The van der Waals surface area contributed by atoms with Crippen molar-refractivity contribution in [2.75, 3.05) is 20.3 Å². The summed E-state index contributed by atoms with van der Waals surface area (Å²) in [6.07, 6.45) is 1.12. The van der Waals surface area contributed by atoms with Crippen LogP contribution in [0.3, 0.4) is 0 Å². The summed E-state index contributed by atoms with van der Waals surface area (Å²) < 4.78 is 9.17. The van der Waals surface area contributed by atoms with Crippen LogP contribution in [0.1, 0.15) is 0 Å². The van der Waals surface area contributed by atoms with Crippen LogP contribution < -0.4 is 0 Å². The molecule has 0 aliphatic heterocycles. The Morgan fingerprint density at radius 1 is 1.60 bits per heavy atom. The molecule has 0 aliphatic rings. The maximum absolute atomic E-state index is 10.3. The fourth-order valence-electron chi connectivity index (χ4n) is 0.285. The first-order valence-corrected chi connectivity index (χ1v) is 2.59. The van der Waals surface area contributed by atoms with Crippen molar-refractivity contribution in [3.8, 4) is 0 Å². The Bertz CT molecular complexity index is 103. The maximum Gasteiger partial charge on any atom is 0.330 e. The Balaban J connectivity index is 0. The molecule has 0 unspecified atom stereocenters. The van der Waals surface area contributed by atoms with Gasteiger partial charge in [0.2, 0.25) is 0 Å². The first kappa shape index (κ1) is 12.5. The van der Waals surface area contributed by atoms with Crippen molar-refractivity contribution in [3.05, 3.63) is 12.7 Å². The second-order valence-corrected chi connectivity index (χ2v) is 1.36. The molecule has 4 heteroatoms. The zero-order valence-corrected chi connectivity index (χ0v) is 7.52. The van der Waals surface area contributed by atoms with E-state index in [9.17, 15) is 4.79 Å². The molecule has 0 atom stereocenters. The zero-order chi connectivity index (χ0) is 7.11. The molecule has 0 aromatic rings. The van der Waals surface area contributed by atoms with Gasteiger partial charge in [0.1, 0.15) is 6.61 Å². The molecule has 0 N–H and O–H groups in total. The molecular weight excluding hydrogens is 221 g/mol. The van der Waals surface area contributed by atoms with Gasteiger partial charge in [-0.3, -0.25) is 0 Å². The van der Waals surface area contributed by atoms with E-state index in [0.717, 1.165) is 6.08 Å². The van der Waals surface area contributed by atoms with Crippen molar-refractivity contribution in [1.82, 2.24) is 0 Å². The van der Waals surface area contributed by atoms with E-state index in [2.05, 4.69) is 16.1 Å². The standard InChI is InChI=1S/C6H10O3.Ru/c1-3-6(7)9-5-4-8-2;/h3H,1,4-5H2,2H3;. The van der Waals surface area contributed by atoms with Gasteiger partial charge in [-0.05, 0) is 0 Å². The van der Waals surface area contributed by atoms with Crippen LogP contribution in [-0.4, -0.2) is 26.3 Å². The maximum atomic E-state index is 10.3. The molecule has 0 saturated heterocycles. The summed E-state index contributed by atoms with van der Waals surface area (Å²) in [7, 11) is 1.54. The SMILES string of the molecule is C=CC(=O)OCCOC.[Ru]. The van der Waals surface area contributed by atoms with Gasteiger partial charge in [0.15, 0.2) is 0 Å². The van der Waals surface area contributed by atoms with E-state index in [1.165, 1.54) is 0 Å².